The van der Waals surface area contributed by atoms with Crippen molar-refractivity contribution in [3.05, 3.63) is 12.7 Å². The first-order valence-electron chi connectivity index (χ1n) is 14.4. The van der Waals surface area contributed by atoms with Gasteiger partial charge in [-0.2, -0.15) is 0 Å². The average Bonchev–Trinajstić information content (AvgIpc) is 3.67. The molecule has 5 atom stereocenters. The summed E-state index contributed by atoms with van der Waals surface area (Å²) in [5, 5.41) is 10.0. The molecule has 0 unspecified atom stereocenters. The number of hydrogen-bond acceptors (Lipinski definition) is 6. The van der Waals surface area contributed by atoms with Crippen LogP contribution in [0.1, 0.15) is 73.6 Å². The standard InChI is InChI=1S/C29H46ClN5O6/c1-8-10-19(23(37)26(39)31-13-9-2)32-25(38)20-14-18(30)15-35(20)27(40)24(29(5,6)7)34-28(41)33-21(16(3)4)22(36)17-11-12-17/h9,16-21,24H,2,8,10-15H2,1,3-7H3,(H,31,39)(H,32,38)(H2,33,34,41)/t18-,19+,20+,21+,24-/m1/s1. The number of rotatable bonds is 14. The fourth-order valence-electron chi connectivity index (χ4n) is 4.83. The SMILES string of the molecule is C=CCNC(=O)C(=O)[C@H](CCC)NC(=O)[C@@H]1C[C@@H](Cl)CN1C(=O)[C@@H](NC(=O)N[C@H](C(=O)C1CC1)C(C)C)C(C)(C)C. The summed E-state index contributed by atoms with van der Waals surface area (Å²) in [6.45, 7) is 14.6. The summed E-state index contributed by atoms with van der Waals surface area (Å²) < 4.78 is 0. The minimum Gasteiger partial charge on any atom is -0.346 e. The first kappa shape index (κ1) is 34.3. The normalized spacial score (nSPS) is 20.9. The van der Waals surface area contributed by atoms with Gasteiger partial charge >= 0.3 is 6.03 Å². The van der Waals surface area contributed by atoms with E-state index in [9.17, 15) is 28.8 Å². The minimum absolute atomic E-state index is 0.00982. The molecule has 0 spiro atoms. The van der Waals surface area contributed by atoms with E-state index < -0.39 is 64.5 Å². The van der Waals surface area contributed by atoms with E-state index in [4.69, 9.17) is 11.6 Å². The van der Waals surface area contributed by atoms with Crippen LogP contribution in [0.2, 0.25) is 0 Å². The van der Waals surface area contributed by atoms with Crippen molar-refractivity contribution >= 4 is 46.9 Å². The first-order chi connectivity index (χ1) is 19.1. The molecule has 2 aliphatic rings. The van der Waals surface area contributed by atoms with Gasteiger partial charge in [0.25, 0.3) is 5.91 Å². The van der Waals surface area contributed by atoms with Crippen molar-refractivity contribution < 1.29 is 28.8 Å². The van der Waals surface area contributed by atoms with E-state index in [1.54, 1.807) is 20.8 Å². The Hall–Kier alpha value is -2.95. The van der Waals surface area contributed by atoms with E-state index >= 15 is 0 Å². The van der Waals surface area contributed by atoms with E-state index in [2.05, 4.69) is 27.8 Å². The van der Waals surface area contributed by atoms with Gasteiger partial charge in [0.05, 0.1) is 17.5 Å². The summed E-state index contributed by atoms with van der Waals surface area (Å²) in [5.74, 6) is -2.90. The van der Waals surface area contributed by atoms with Crippen LogP contribution in [0.5, 0.6) is 0 Å². The Balaban J connectivity index is 2.20. The van der Waals surface area contributed by atoms with Gasteiger partial charge in [-0.3, -0.25) is 24.0 Å². The van der Waals surface area contributed by atoms with Crippen molar-refractivity contribution in [1.82, 2.24) is 26.2 Å². The van der Waals surface area contributed by atoms with Crippen molar-refractivity contribution in [2.24, 2.45) is 17.3 Å². The highest BCUT2D eigenvalue weighted by Crippen LogP contribution is 2.32. The third-order valence-corrected chi connectivity index (χ3v) is 7.62. The zero-order valence-corrected chi connectivity index (χ0v) is 25.8. The van der Waals surface area contributed by atoms with Crippen LogP contribution >= 0.6 is 11.6 Å². The van der Waals surface area contributed by atoms with Crippen LogP contribution in [0.15, 0.2) is 12.7 Å². The molecule has 11 nitrogen and oxygen atoms in total. The highest BCUT2D eigenvalue weighted by atomic mass is 35.5. The number of halogens is 1. The Morgan fingerprint density at radius 1 is 1.05 bits per heavy atom. The average molecular weight is 596 g/mol. The van der Waals surface area contributed by atoms with Gasteiger partial charge in [-0.15, -0.1) is 18.2 Å². The minimum atomic E-state index is -1.07. The summed E-state index contributed by atoms with van der Waals surface area (Å²) in [6, 6.07) is -4.42. The maximum atomic E-state index is 13.9. The fraction of sp³-hybridized carbons (Fsp3) is 0.724. The van der Waals surface area contributed by atoms with Gasteiger partial charge < -0.3 is 26.2 Å². The molecule has 1 saturated heterocycles. The second-order valence-electron chi connectivity index (χ2n) is 12.4. The van der Waals surface area contributed by atoms with Crippen molar-refractivity contribution in [3.63, 3.8) is 0 Å². The molecule has 41 heavy (non-hydrogen) atoms. The lowest BCUT2D eigenvalue weighted by atomic mass is 9.85. The quantitative estimate of drug-likeness (QED) is 0.137. The zero-order chi connectivity index (χ0) is 31.1. The molecule has 1 heterocycles. The van der Waals surface area contributed by atoms with Gasteiger partial charge in [0.2, 0.25) is 17.6 Å². The Morgan fingerprint density at radius 2 is 1.68 bits per heavy atom. The number of urea groups is 1. The smallest absolute Gasteiger partial charge is 0.316 e. The van der Waals surface area contributed by atoms with E-state index in [0.29, 0.717) is 6.42 Å². The van der Waals surface area contributed by atoms with Crippen molar-refractivity contribution in [2.75, 3.05) is 13.1 Å². The van der Waals surface area contributed by atoms with Gasteiger partial charge in [-0.1, -0.05) is 54.0 Å². The molecule has 230 valence electrons. The number of amides is 5. The predicted molar refractivity (Wildman–Crippen MR) is 156 cm³/mol. The number of hydrogen-bond donors (Lipinski definition) is 4. The van der Waals surface area contributed by atoms with Crippen molar-refractivity contribution in [2.45, 2.75) is 103 Å². The maximum Gasteiger partial charge on any atom is 0.316 e. The van der Waals surface area contributed by atoms with Gasteiger partial charge in [-0.05, 0) is 37.0 Å². The molecule has 0 aromatic rings. The van der Waals surface area contributed by atoms with Crippen LogP contribution in [0.4, 0.5) is 4.79 Å². The molecule has 0 aromatic carbocycles. The van der Waals surface area contributed by atoms with E-state index in [0.717, 1.165) is 12.8 Å². The molecule has 1 aliphatic heterocycles. The molecular formula is C29H46ClN5O6. The molecule has 4 N–H and O–H groups in total. The predicted octanol–water partition coefficient (Wildman–Crippen LogP) is 2.07. The van der Waals surface area contributed by atoms with Crippen LogP contribution in [0.3, 0.4) is 0 Å². The Morgan fingerprint density at radius 3 is 2.20 bits per heavy atom. The van der Waals surface area contributed by atoms with Gasteiger partial charge in [0, 0.05) is 19.0 Å². The summed E-state index contributed by atoms with van der Waals surface area (Å²) in [6.07, 6.45) is 3.98. The third-order valence-electron chi connectivity index (χ3n) is 7.30. The van der Waals surface area contributed by atoms with Gasteiger partial charge in [-0.25, -0.2) is 4.79 Å². The largest absolute Gasteiger partial charge is 0.346 e. The number of likely N-dealkylation sites (tertiary alicyclic amines) is 1. The second-order valence-corrected chi connectivity index (χ2v) is 13.0. The lowest BCUT2D eigenvalue weighted by Crippen LogP contribution is -2.61. The lowest BCUT2D eigenvalue weighted by molar-refractivity contribution is -0.143. The van der Waals surface area contributed by atoms with Crippen molar-refractivity contribution in [3.8, 4) is 0 Å². The number of ketones is 2. The number of alkyl halides is 1. The number of carbonyl (C=O) groups is 6. The van der Waals surface area contributed by atoms with Crippen LogP contribution in [0.25, 0.3) is 0 Å². The second kappa shape index (κ2) is 14.8. The summed E-state index contributed by atoms with van der Waals surface area (Å²) in [4.78, 5) is 79.3. The summed E-state index contributed by atoms with van der Waals surface area (Å²) >= 11 is 6.40. The number of Topliss-reactive ketones (excluding diaryl/α,β-unsaturated/α-hetero) is 2. The number of nitrogens with zero attached hydrogens (tertiary/aromatic N) is 1. The van der Waals surface area contributed by atoms with E-state index in [-0.39, 0.29) is 43.6 Å². The first-order valence-corrected chi connectivity index (χ1v) is 14.8. The topological polar surface area (TPSA) is 154 Å². The number of carbonyl (C=O) groups excluding carboxylic acids is 6. The molecule has 0 aromatic heterocycles. The summed E-state index contributed by atoms with van der Waals surface area (Å²) in [5.41, 5.74) is -0.752. The van der Waals surface area contributed by atoms with Crippen LogP contribution in [-0.4, -0.2) is 82.9 Å². The van der Waals surface area contributed by atoms with Gasteiger partial charge in [0.1, 0.15) is 12.1 Å². The maximum absolute atomic E-state index is 13.9. The zero-order valence-electron chi connectivity index (χ0n) is 25.1. The molecule has 5 amide bonds. The van der Waals surface area contributed by atoms with Crippen LogP contribution < -0.4 is 21.3 Å². The molecule has 2 fully saturated rings. The van der Waals surface area contributed by atoms with Gasteiger partial charge in [0.15, 0.2) is 5.78 Å². The molecule has 12 heteroatoms. The van der Waals surface area contributed by atoms with Crippen molar-refractivity contribution in [1.29, 1.82) is 0 Å². The van der Waals surface area contributed by atoms with E-state index in [1.165, 1.54) is 11.0 Å². The Bertz CT molecular complexity index is 1020. The number of nitrogens with one attached hydrogen (secondary N) is 4. The molecule has 0 bridgehead atoms. The highest BCUT2D eigenvalue weighted by molar-refractivity contribution is 6.38. The Kier molecular flexibility index (Phi) is 12.4. The molecular weight excluding hydrogens is 550 g/mol. The molecule has 2 rings (SSSR count). The molecule has 0 radical (unpaired) electrons. The van der Waals surface area contributed by atoms with Crippen LogP contribution in [0, 0.1) is 17.3 Å². The molecule has 1 aliphatic carbocycles. The monoisotopic (exact) mass is 595 g/mol. The summed E-state index contributed by atoms with van der Waals surface area (Å²) in [7, 11) is 0. The Labute approximate surface area is 247 Å². The fourth-order valence-corrected chi connectivity index (χ4v) is 5.15. The van der Waals surface area contributed by atoms with E-state index in [1.807, 2.05) is 20.8 Å². The highest BCUT2D eigenvalue weighted by Gasteiger charge is 2.45. The lowest BCUT2D eigenvalue weighted by Gasteiger charge is -2.36. The molecule has 1 saturated carbocycles. The van der Waals surface area contributed by atoms with Crippen LogP contribution in [-0.2, 0) is 24.0 Å². The third kappa shape index (κ3) is 9.55.